The highest BCUT2D eigenvalue weighted by molar-refractivity contribution is 6.32. The normalized spacial score (nSPS) is 10.7. The SMILES string of the molecule is COc1cc(/C=N/NC(N)=O)cc(Cl)c1OCCOc1ccc(C)c(C)c1. The van der Waals surface area contributed by atoms with E-state index < -0.39 is 6.03 Å². The molecule has 0 heterocycles. The molecule has 27 heavy (non-hydrogen) atoms. The van der Waals surface area contributed by atoms with Crippen LogP contribution in [0, 0.1) is 13.8 Å². The second-order valence-corrected chi connectivity index (χ2v) is 6.12. The molecule has 144 valence electrons. The Morgan fingerprint density at radius 3 is 2.59 bits per heavy atom. The van der Waals surface area contributed by atoms with Crippen molar-refractivity contribution >= 4 is 23.8 Å². The molecule has 0 bridgehead atoms. The van der Waals surface area contributed by atoms with Crippen molar-refractivity contribution in [2.45, 2.75) is 13.8 Å². The molecule has 8 heteroatoms. The minimum absolute atomic E-state index is 0.291. The monoisotopic (exact) mass is 391 g/mol. The number of amides is 2. The van der Waals surface area contributed by atoms with Crippen molar-refractivity contribution < 1.29 is 19.0 Å². The predicted molar refractivity (Wildman–Crippen MR) is 105 cm³/mol. The van der Waals surface area contributed by atoms with Gasteiger partial charge in [0.25, 0.3) is 0 Å². The average molecular weight is 392 g/mol. The molecule has 0 saturated heterocycles. The maximum absolute atomic E-state index is 10.6. The van der Waals surface area contributed by atoms with Gasteiger partial charge in [0.2, 0.25) is 0 Å². The highest BCUT2D eigenvalue weighted by atomic mass is 35.5. The standard InChI is InChI=1S/C19H22ClN3O4/c1-12-4-5-15(8-13(12)2)26-6-7-27-18-16(20)9-14(10-17(18)25-3)11-22-23-19(21)24/h4-5,8-11H,6-7H2,1-3H3,(H3,21,23,24)/b22-11+. The number of methoxy groups -OCH3 is 1. The molecule has 2 aromatic rings. The molecule has 0 aromatic heterocycles. The first-order valence-electron chi connectivity index (χ1n) is 8.19. The van der Waals surface area contributed by atoms with E-state index in [1.807, 2.05) is 25.1 Å². The summed E-state index contributed by atoms with van der Waals surface area (Å²) < 4.78 is 16.7. The number of carbonyl (C=O) groups is 1. The van der Waals surface area contributed by atoms with E-state index in [-0.39, 0.29) is 0 Å². The van der Waals surface area contributed by atoms with E-state index in [0.29, 0.717) is 35.3 Å². The van der Waals surface area contributed by atoms with Crippen molar-refractivity contribution in [3.8, 4) is 17.2 Å². The molecule has 7 nitrogen and oxygen atoms in total. The zero-order chi connectivity index (χ0) is 19.8. The van der Waals surface area contributed by atoms with Crippen molar-refractivity contribution in [3.05, 3.63) is 52.0 Å². The predicted octanol–water partition coefficient (Wildman–Crippen LogP) is 3.43. The van der Waals surface area contributed by atoms with Gasteiger partial charge in [-0.05, 0) is 54.8 Å². The van der Waals surface area contributed by atoms with Crippen LogP contribution in [0.2, 0.25) is 5.02 Å². The van der Waals surface area contributed by atoms with E-state index in [9.17, 15) is 4.79 Å². The Morgan fingerprint density at radius 1 is 1.19 bits per heavy atom. The summed E-state index contributed by atoms with van der Waals surface area (Å²) in [5, 5.41) is 4.03. The lowest BCUT2D eigenvalue weighted by Crippen LogP contribution is -2.24. The molecule has 0 saturated carbocycles. The Kier molecular flexibility index (Phi) is 7.31. The number of nitrogens with two attached hydrogens (primary N) is 1. The lowest BCUT2D eigenvalue weighted by Gasteiger charge is -2.14. The Bertz CT molecular complexity index is 840. The van der Waals surface area contributed by atoms with E-state index >= 15 is 0 Å². The quantitative estimate of drug-likeness (QED) is 0.409. The second-order valence-electron chi connectivity index (χ2n) is 5.71. The number of aryl methyl sites for hydroxylation is 2. The molecular weight excluding hydrogens is 370 g/mol. The summed E-state index contributed by atoms with van der Waals surface area (Å²) in [5.41, 5.74) is 10.0. The zero-order valence-corrected chi connectivity index (χ0v) is 16.2. The smallest absolute Gasteiger partial charge is 0.332 e. The molecule has 0 aliphatic rings. The third-order valence-electron chi connectivity index (χ3n) is 3.72. The van der Waals surface area contributed by atoms with Gasteiger partial charge in [0.05, 0.1) is 18.3 Å². The van der Waals surface area contributed by atoms with Crippen LogP contribution in [0.25, 0.3) is 0 Å². The molecule has 0 spiro atoms. The van der Waals surface area contributed by atoms with Gasteiger partial charge >= 0.3 is 6.03 Å². The lowest BCUT2D eigenvalue weighted by atomic mass is 10.1. The Balaban J connectivity index is 1.97. The van der Waals surface area contributed by atoms with E-state index in [4.69, 9.17) is 31.5 Å². The number of benzene rings is 2. The first-order chi connectivity index (χ1) is 12.9. The summed E-state index contributed by atoms with van der Waals surface area (Å²) in [6.07, 6.45) is 1.39. The number of rotatable bonds is 8. The molecule has 2 amide bonds. The number of hydrogen-bond donors (Lipinski definition) is 2. The number of carbonyl (C=O) groups excluding carboxylic acids is 1. The number of urea groups is 1. The number of ether oxygens (including phenoxy) is 3. The van der Waals surface area contributed by atoms with Gasteiger partial charge in [-0.2, -0.15) is 5.10 Å². The Morgan fingerprint density at radius 2 is 1.93 bits per heavy atom. The van der Waals surface area contributed by atoms with Gasteiger partial charge in [0.15, 0.2) is 11.5 Å². The molecule has 2 rings (SSSR count). The van der Waals surface area contributed by atoms with Crippen molar-refractivity contribution in [1.82, 2.24) is 5.43 Å². The highest BCUT2D eigenvalue weighted by Crippen LogP contribution is 2.36. The minimum atomic E-state index is -0.756. The fourth-order valence-corrected chi connectivity index (χ4v) is 2.51. The number of hydrazone groups is 1. The summed E-state index contributed by atoms with van der Waals surface area (Å²) in [5.74, 6) is 1.63. The summed E-state index contributed by atoms with van der Waals surface area (Å²) in [6.45, 7) is 4.73. The van der Waals surface area contributed by atoms with Gasteiger partial charge in [-0.25, -0.2) is 10.2 Å². The average Bonchev–Trinajstić information content (AvgIpc) is 2.62. The van der Waals surface area contributed by atoms with E-state index in [1.165, 1.54) is 24.5 Å². The number of primary amides is 1. The largest absolute Gasteiger partial charge is 0.493 e. The maximum atomic E-state index is 10.6. The molecular formula is C19H22ClN3O4. The first kappa shape index (κ1) is 20.4. The Hall–Kier alpha value is -2.93. The molecule has 0 atom stereocenters. The molecule has 0 unspecified atom stereocenters. The number of nitrogens with one attached hydrogen (secondary N) is 1. The Labute approximate surface area is 163 Å². The van der Waals surface area contributed by atoms with Crippen molar-refractivity contribution in [2.24, 2.45) is 10.8 Å². The maximum Gasteiger partial charge on any atom is 0.332 e. The van der Waals surface area contributed by atoms with Crippen LogP contribution >= 0.6 is 11.6 Å². The van der Waals surface area contributed by atoms with Crippen LogP contribution in [-0.2, 0) is 0 Å². The third kappa shape index (κ3) is 6.07. The minimum Gasteiger partial charge on any atom is -0.493 e. The van der Waals surface area contributed by atoms with Gasteiger partial charge in [-0.15, -0.1) is 0 Å². The molecule has 0 aliphatic carbocycles. The zero-order valence-electron chi connectivity index (χ0n) is 15.4. The van der Waals surface area contributed by atoms with Crippen molar-refractivity contribution in [1.29, 1.82) is 0 Å². The highest BCUT2D eigenvalue weighted by Gasteiger charge is 2.12. The fraction of sp³-hybridized carbons (Fsp3) is 0.263. The van der Waals surface area contributed by atoms with Crippen LogP contribution in [0.15, 0.2) is 35.4 Å². The molecule has 2 aromatic carbocycles. The van der Waals surface area contributed by atoms with Gasteiger partial charge in [0, 0.05) is 0 Å². The van der Waals surface area contributed by atoms with Crippen LogP contribution in [0.1, 0.15) is 16.7 Å². The summed E-state index contributed by atoms with van der Waals surface area (Å²) in [6, 6.07) is 8.47. The van der Waals surface area contributed by atoms with Gasteiger partial charge in [-0.1, -0.05) is 17.7 Å². The van der Waals surface area contributed by atoms with Crippen LogP contribution in [0.5, 0.6) is 17.2 Å². The second kappa shape index (κ2) is 9.68. The lowest BCUT2D eigenvalue weighted by molar-refractivity contribution is 0.211. The first-order valence-corrected chi connectivity index (χ1v) is 8.57. The summed E-state index contributed by atoms with van der Waals surface area (Å²) in [7, 11) is 1.51. The van der Waals surface area contributed by atoms with E-state index in [1.54, 1.807) is 12.1 Å². The van der Waals surface area contributed by atoms with E-state index in [2.05, 4.69) is 17.5 Å². The number of nitrogens with zero attached hydrogens (tertiary/aromatic N) is 1. The number of halogens is 1. The van der Waals surface area contributed by atoms with Crippen LogP contribution in [-0.4, -0.2) is 32.6 Å². The number of hydrogen-bond acceptors (Lipinski definition) is 5. The summed E-state index contributed by atoms with van der Waals surface area (Å²) in [4.78, 5) is 10.6. The van der Waals surface area contributed by atoms with Gasteiger partial charge < -0.3 is 19.9 Å². The van der Waals surface area contributed by atoms with Gasteiger partial charge in [0.1, 0.15) is 19.0 Å². The topological polar surface area (TPSA) is 95.2 Å². The third-order valence-corrected chi connectivity index (χ3v) is 4.00. The van der Waals surface area contributed by atoms with Crippen LogP contribution in [0.3, 0.4) is 0 Å². The van der Waals surface area contributed by atoms with E-state index in [0.717, 1.165) is 5.75 Å². The molecule has 0 fully saturated rings. The van der Waals surface area contributed by atoms with Crippen LogP contribution in [0.4, 0.5) is 4.79 Å². The molecule has 0 radical (unpaired) electrons. The molecule has 3 N–H and O–H groups in total. The van der Waals surface area contributed by atoms with Crippen LogP contribution < -0.4 is 25.4 Å². The van der Waals surface area contributed by atoms with Gasteiger partial charge in [-0.3, -0.25) is 0 Å². The summed E-state index contributed by atoms with van der Waals surface area (Å²) >= 11 is 6.27. The molecule has 0 aliphatic heterocycles. The van der Waals surface area contributed by atoms with Crippen molar-refractivity contribution in [3.63, 3.8) is 0 Å². The van der Waals surface area contributed by atoms with Crippen molar-refractivity contribution in [2.75, 3.05) is 20.3 Å². The fourth-order valence-electron chi connectivity index (χ4n) is 2.23.